The fourth-order valence-corrected chi connectivity index (χ4v) is 2.10. The van der Waals surface area contributed by atoms with Crippen LogP contribution in [0.3, 0.4) is 0 Å². The number of nitrogens with zero attached hydrogens (tertiary/aromatic N) is 2. The van der Waals surface area contributed by atoms with E-state index in [0.717, 1.165) is 19.5 Å². The van der Waals surface area contributed by atoms with Gasteiger partial charge in [0, 0.05) is 24.8 Å². The first kappa shape index (κ1) is 11.6. The summed E-state index contributed by atoms with van der Waals surface area (Å²) in [5, 5.41) is 4.28. The molecule has 90 valence electrons. The number of hydrogen-bond acceptors (Lipinski definition) is 3. The first-order chi connectivity index (χ1) is 7.88. The van der Waals surface area contributed by atoms with Gasteiger partial charge in [-0.3, -0.25) is 9.52 Å². The number of aryl methyl sites for hydroxylation is 1. The average molecular weight is 223 g/mol. The predicted molar refractivity (Wildman–Crippen MR) is 62.7 cm³/mol. The van der Waals surface area contributed by atoms with Gasteiger partial charge in [0.05, 0.1) is 12.3 Å². The zero-order chi connectivity index (χ0) is 11.2. The third-order valence-corrected chi connectivity index (χ3v) is 2.97. The molecule has 4 nitrogen and oxygen atoms in total. The molecular weight excluding hydrogens is 202 g/mol. The Hall–Kier alpha value is -0.870. The Morgan fingerprint density at radius 1 is 1.50 bits per heavy atom. The molecule has 0 bridgehead atoms. The summed E-state index contributed by atoms with van der Waals surface area (Å²) in [7, 11) is 0. The molecule has 0 saturated heterocycles. The maximum absolute atomic E-state index is 5.59. The molecule has 1 fully saturated rings. The highest BCUT2D eigenvalue weighted by atomic mass is 16.7. The summed E-state index contributed by atoms with van der Waals surface area (Å²) in [6.45, 7) is 3.90. The van der Waals surface area contributed by atoms with E-state index in [1.54, 1.807) is 0 Å². The topological polar surface area (TPSA) is 39.1 Å². The van der Waals surface area contributed by atoms with Gasteiger partial charge in [-0.1, -0.05) is 19.8 Å². The molecule has 0 unspecified atom stereocenters. The minimum absolute atomic E-state index is 0.422. The average Bonchev–Trinajstić information content (AvgIpc) is 2.90. The van der Waals surface area contributed by atoms with Crippen LogP contribution in [0.2, 0.25) is 0 Å². The lowest BCUT2D eigenvalue weighted by Gasteiger charge is -2.10. The van der Waals surface area contributed by atoms with Crippen molar-refractivity contribution >= 4 is 0 Å². The monoisotopic (exact) mass is 223 g/mol. The van der Waals surface area contributed by atoms with Crippen molar-refractivity contribution in [3.8, 4) is 0 Å². The summed E-state index contributed by atoms with van der Waals surface area (Å²) >= 11 is 0. The highest BCUT2D eigenvalue weighted by Gasteiger charge is 2.15. The van der Waals surface area contributed by atoms with E-state index in [2.05, 4.69) is 23.7 Å². The van der Waals surface area contributed by atoms with Gasteiger partial charge in [0.1, 0.15) is 0 Å². The van der Waals surface area contributed by atoms with Crippen LogP contribution in [0.15, 0.2) is 12.4 Å². The SMILES string of the molecule is CCCn1cc(CNOC2CCCC2)cn1. The van der Waals surface area contributed by atoms with Gasteiger partial charge >= 0.3 is 0 Å². The minimum Gasteiger partial charge on any atom is -0.298 e. The van der Waals surface area contributed by atoms with E-state index in [1.807, 2.05) is 10.9 Å². The van der Waals surface area contributed by atoms with E-state index in [-0.39, 0.29) is 0 Å². The summed E-state index contributed by atoms with van der Waals surface area (Å²) in [4.78, 5) is 5.59. The molecule has 0 atom stereocenters. The lowest BCUT2D eigenvalue weighted by molar-refractivity contribution is -0.0244. The Kier molecular flexibility index (Phi) is 4.36. The maximum Gasteiger partial charge on any atom is 0.0790 e. The molecule has 1 heterocycles. The summed E-state index contributed by atoms with van der Waals surface area (Å²) in [5.41, 5.74) is 4.23. The largest absolute Gasteiger partial charge is 0.298 e. The van der Waals surface area contributed by atoms with Crippen molar-refractivity contribution in [2.75, 3.05) is 0 Å². The quantitative estimate of drug-likeness (QED) is 0.752. The molecule has 0 radical (unpaired) electrons. The fraction of sp³-hybridized carbons (Fsp3) is 0.750. The zero-order valence-electron chi connectivity index (χ0n) is 9.98. The van der Waals surface area contributed by atoms with Crippen LogP contribution in [0.5, 0.6) is 0 Å². The summed E-state index contributed by atoms with van der Waals surface area (Å²) in [6, 6.07) is 0. The molecule has 0 aromatic carbocycles. The van der Waals surface area contributed by atoms with Crippen molar-refractivity contribution in [3.63, 3.8) is 0 Å². The summed E-state index contributed by atoms with van der Waals surface area (Å²) in [5.74, 6) is 0. The molecule has 1 aromatic rings. The van der Waals surface area contributed by atoms with Crippen molar-refractivity contribution in [2.45, 2.75) is 58.2 Å². The van der Waals surface area contributed by atoms with Crippen molar-refractivity contribution in [3.05, 3.63) is 18.0 Å². The molecule has 1 aliphatic carbocycles. The Morgan fingerprint density at radius 3 is 3.06 bits per heavy atom. The molecule has 1 saturated carbocycles. The van der Waals surface area contributed by atoms with Gasteiger partial charge in [0.25, 0.3) is 0 Å². The molecule has 0 spiro atoms. The Bertz CT molecular complexity index is 305. The smallest absolute Gasteiger partial charge is 0.0790 e. The number of hydroxylamine groups is 1. The number of aromatic nitrogens is 2. The van der Waals surface area contributed by atoms with Gasteiger partial charge in [-0.05, 0) is 19.3 Å². The van der Waals surface area contributed by atoms with Crippen molar-refractivity contribution in [1.29, 1.82) is 0 Å². The summed E-state index contributed by atoms with van der Waals surface area (Å²) < 4.78 is 1.98. The number of rotatable bonds is 6. The number of nitrogens with one attached hydrogen (secondary N) is 1. The van der Waals surface area contributed by atoms with E-state index >= 15 is 0 Å². The first-order valence-electron chi connectivity index (χ1n) is 6.28. The van der Waals surface area contributed by atoms with Gasteiger partial charge in [-0.2, -0.15) is 10.6 Å². The lowest BCUT2D eigenvalue weighted by atomic mass is 10.3. The van der Waals surface area contributed by atoms with E-state index in [9.17, 15) is 0 Å². The third-order valence-electron chi connectivity index (χ3n) is 2.97. The van der Waals surface area contributed by atoms with Gasteiger partial charge in [0.2, 0.25) is 0 Å². The second-order valence-electron chi connectivity index (χ2n) is 4.46. The van der Waals surface area contributed by atoms with Crippen LogP contribution in [-0.4, -0.2) is 15.9 Å². The van der Waals surface area contributed by atoms with E-state index < -0.39 is 0 Å². The lowest BCUT2D eigenvalue weighted by Crippen LogP contribution is -2.21. The van der Waals surface area contributed by atoms with Crippen LogP contribution in [0.25, 0.3) is 0 Å². The highest BCUT2D eigenvalue weighted by molar-refractivity contribution is 5.02. The Labute approximate surface area is 96.9 Å². The standard InChI is InChI=1S/C12H21N3O/c1-2-7-15-10-11(8-13-15)9-14-16-12-5-3-4-6-12/h8,10,12,14H,2-7,9H2,1H3. The molecule has 1 N–H and O–H groups in total. The second kappa shape index (κ2) is 6.01. The number of hydrogen-bond donors (Lipinski definition) is 1. The molecule has 1 aromatic heterocycles. The third kappa shape index (κ3) is 3.32. The van der Waals surface area contributed by atoms with E-state index in [0.29, 0.717) is 6.10 Å². The molecule has 16 heavy (non-hydrogen) atoms. The van der Waals surface area contributed by atoms with Crippen LogP contribution in [-0.2, 0) is 17.9 Å². The molecule has 2 rings (SSSR count). The van der Waals surface area contributed by atoms with Crippen LogP contribution >= 0.6 is 0 Å². The van der Waals surface area contributed by atoms with Crippen LogP contribution in [0.1, 0.15) is 44.6 Å². The fourth-order valence-electron chi connectivity index (χ4n) is 2.10. The predicted octanol–water partition coefficient (Wildman–Crippen LogP) is 2.26. The molecule has 4 heteroatoms. The second-order valence-corrected chi connectivity index (χ2v) is 4.46. The highest BCUT2D eigenvalue weighted by Crippen LogP contribution is 2.19. The maximum atomic E-state index is 5.59. The Balaban J connectivity index is 1.67. The summed E-state index contributed by atoms with van der Waals surface area (Å²) in [6.07, 6.45) is 10.5. The minimum atomic E-state index is 0.422. The first-order valence-corrected chi connectivity index (χ1v) is 6.28. The van der Waals surface area contributed by atoms with Crippen LogP contribution < -0.4 is 5.48 Å². The van der Waals surface area contributed by atoms with Gasteiger partial charge in [-0.15, -0.1) is 0 Å². The van der Waals surface area contributed by atoms with Gasteiger partial charge in [0.15, 0.2) is 0 Å². The molecular formula is C12H21N3O. The van der Waals surface area contributed by atoms with E-state index in [1.165, 1.54) is 31.2 Å². The normalized spacial score (nSPS) is 17.1. The molecule has 1 aliphatic rings. The van der Waals surface area contributed by atoms with Crippen molar-refractivity contribution in [2.24, 2.45) is 0 Å². The molecule has 0 amide bonds. The van der Waals surface area contributed by atoms with E-state index in [4.69, 9.17) is 4.84 Å². The van der Waals surface area contributed by atoms with Gasteiger partial charge < -0.3 is 0 Å². The van der Waals surface area contributed by atoms with Crippen LogP contribution in [0, 0.1) is 0 Å². The van der Waals surface area contributed by atoms with Crippen molar-refractivity contribution in [1.82, 2.24) is 15.3 Å². The van der Waals surface area contributed by atoms with Crippen molar-refractivity contribution < 1.29 is 4.84 Å². The van der Waals surface area contributed by atoms with Crippen LogP contribution in [0.4, 0.5) is 0 Å². The van der Waals surface area contributed by atoms with Gasteiger partial charge in [-0.25, -0.2) is 0 Å². The Morgan fingerprint density at radius 2 is 2.31 bits per heavy atom. The zero-order valence-corrected chi connectivity index (χ0v) is 9.98. The molecule has 0 aliphatic heterocycles.